The number of aromatic nitrogens is 3. The summed E-state index contributed by atoms with van der Waals surface area (Å²) in [5.41, 5.74) is 5.56. The number of nitrogens with zero attached hydrogens (tertiary/aromatic N) is 4. The van der Waals surface area contributed by atoms with Gasteiger partial charge < -0.3 is 0 Å². The Morgan fingerprint density at radius 2 is 1.75 bits per heavy atom. The zero-order valence-electron chi connectivity index (χ0n) is 11.7. The third-order valence-corrected chi connectivity index (χ3v) is 3.37. The van der Waals surface area contributed by atoms with Gasteiger partial charge in [0.2, 0.25) is 0 Å². The van der Waals surface area contributed by atoms with E-state index in [-0.39, 0.29) is 0 Å². The summed E-state index contributed by atoms with van der Waals surface area (Å²) in [6.07, 6.45) is 0. The van der Waals surface area contributed by atoms with Crippen molar-refractivity contribution in [1.82, 2.24) is 14.5 Å². The molecule has 1 aromatic carbocycles. The maximum Gasteiger partial charge on any atom is 0.111 e. The molecular formula is C16H14N4. The average Bonchev–Trinajstić information content (AvgIpc) is 2.76. The molecule has 0 amide bonds. The lowest BCUT2D eigenvalue weighted by molar-refractivity contribution is 1.000. The van der Waals surface area contributed by atoms with Crippen molar-refractivity contribution in [1.29, 1.82) is 5.26 Å². The molecule has 0 aliphatic heterocycles. The van der Waals surface area contributed by atoms with Crippen LogP contribution >= 0.6 is 0 Å². The molecule has 20 heavy (non-hydrogen) atoms. The van der Waals surface area contributed by atoms with Crippen molar-refractivity contribution in [3.8, 4) is 11.8 Å². The molecule has 0 spiro atoms. The fraction of sp³-hybridized carbons (Fsp3) is 0.188. The van der Waals surface area contributed by atoms with E-state index >= 15 is 0 Å². The number of fused-ring (bicyclic) bond motifs is 1. The Labute approximate surface area is 117 Å². The minimum atomic E-state index is 0.657. The van der Waals surface area contributed by atoms with Gasteiger partial charge in [-0.2, -0.15) is 5.26 Å². The number of imidazole rings is 1. The van der Waals surface area contributed by atoms with E-state index < -0.39 is 0 Å². The highest BCUT2D eigenvalue weighted by Gasteiger charge is 2.12. The summed E-state index contributed by atoms with van der Waals surface area (Å²) in [4.78, 5) is 9.07. The maximum absolute atomic E-state index is 8.88. The van der Waals surface area contributed by atoms with Gasteiger partial charge in [0.25, 0.3) is 0 Å². The van der Waals surface area contributed by atoms with Gasteiger partial charge in [-0.05, 0) is 51.1 Å². The lowest BCUT2D eigenvalue weighted by Gasteiger charge is -2.07. The summed E-state index contributed by atoms with van der Waals surface area (Å²) in [6.45, 7) is 5.94. The molecule has 0 unspecified atom stereocenters. The van der Waals surface area contributed by atoms with Crippen LogP contribution in [-0.4, -0.2) is 14.5 Å². The number of aryl methyl sites for hydroxylation is 3. The summed E-state index contributed by atoms with van der Waals surface area (Å²) in [5.74, 6) is 0.917. The molecule has 0 fully saturated rings. The van der Waals surface area contributed by atoms with Crippen LogP contribution in [0.5, 0.6) is 0 Å². The van der Waals surface area contributed by atoms with E-state index in [1.165, 1.54) is 0 Å². The van der Waals surface area contributed by atoms with Crippen molar-refractivity contribution in [2.75, 3.05) is 0 Å². The van der Waals surface area contributed by atoms with Crippen LogP contribution in [0, 0.1) is 32.1 Å². The first-order valence-electron chi connectivity index (χ1n) is 6.44. The summed E-state index contributed by atoms with van der Waals surface area (Å²) >= 11 is 0. The molecule has 0 bridgehead atoms. The van der Waals surface area contributed by atoms with Gasteiger partial charge in [-0.1, -0.05) is 0 Å². The second-order valence-electron chi connectivity index (χ2n) is 4.87. The van der Waals surface area contributed by atoms with Gasteiger partial charge in [-0.3, -0.25) is 9.55 Å². The highest BCUT2D eigenvalue weighted by atomic mass is 15.1. The van der Waals surface area contributed by atoms with E-state index in [1.54, 1.807) is 0 Å². The number of benzene rings is 1. The van der Waals surface area contributed by atoms with E-state index in [0.29, 0.717) is 5.56 Å². The van der Waals surface area contributed by atoms with E-state index in [1.807, 2.05) is 51.1 Å². The van der Waals surface area contributed by atoms with Crippen LogP contribution in [-0.2, 0) is 0 Å². The third-order valence-electron chi connectivity index (χ3n) is 3.37. The Morgan fingerprint density at radius 1 is 1.05 bits per heavy atom. The summed E-state index contributed by atoms with van der Waals surface area (Å²) in [7, 11) is 0. The van der Waals surface area contributed by atoms with Crippen molar-refractivity contribution in [3.63, 3.8) is 0 Å². The Hall–Kier alpha value is -2.67. The molecule has 3 aromatic rings. The molecule has 0 saturated carbocycles. The van der Waals surface area contributed by atoms with Gasteiger partial charge in [-0.25, -0.2) is 4.98 Å². The van der Waals surface area contributed by atoms with Crippen molar-refractivity contribution >= 4 is 11.0 Å². The maximum atomic E-state index is 8.88. The highest BCUT2D eigenvalue weighted by Crippen LogP contribution is 2.23. The molecule has 0 aliphatic carbocycles. The number of hydrogen-bond donors (Lipinski definition) is 0. The Kier molecular flexibility index (Phi) is 2.76. The SMILES string of the molecule is Cc1cc2c(nc(C)n2-c2ccc(C#N)cc2)c(C)n1. The number of nitriles is 1. The van der Waals surface area contributed by atoms with Crippen LogP contribution in [0.3, 0.4) is 0 Å². The molecule has 0 aliphatic rings. The number of pyridine rings is 1. The highest BCUT2D eigenvalue weighted by molar-refractivity contribution is 5.80. The predicted molar refractivity (Wildman–Crippen MR) is 77.8 cm³/mol. The van der Waals surface area contributed by atoms with Crippen LogP contribution in [0.4, 0.5) is 0 Å². The standard InChI is InChI=1S/C16H14N4/c1-10-8-15-16(11(2)18-10)19-12(3)20(15)14-6-4-13(9-17)5-7-14/h4-8H,1-3H3. The lowest BCUT2D eigenvalue weighted by Crippen LogP contribution is -1.97. The van der Waals surface area contributed by atoms with Gasteiger partial charge >= 0.3 is 0 Å². The quantitative estimate of drug-likeness (QED) is 0.676. The summed E-state index contributed by atoms with van der Waals surface area (Å²) in [5, 5.41) is 8.88. The molecule has 2 heterocycles. The van der Waals surface area contributed by atoms with E-state index in [4.69, 9.17) is 5.26 Å². The predicted octanol–water partition coefficient (Wildman–Crippen LogP) is 3.22. The van der Waals surface area contributed by atoms with Crippen LogP contribution in [0.2, 0.25) is 0 Å². The first-order valence-corrected chi connectivity index (χ1v) is 6.44. The molecule has 2 aromatic heterocycles. The first-order chi connectivity index (χ1) is 9.60. The zero-order chi connectivity index (χ0) is 14.3. The molecular weight excluding hydrogens is 248 g/mol. The minimum absolute atomic E-state index is 0.657. The normalized spacial score (nSPS) is 10.7. The van der Waals surface area contributed by atoms with Crippen molar-refractivity contribution in [2.45, 2.75) is 20.8 Å². The first kappa shape index (κ1) is 12.4. The smallest absolute Gasteiger partial charge is 0.111 e. The fourth-order valence-electron chi connectivity index (χ4n) is 2.51. The molecule has 0 N–H and O–H groups in total. The Balaban J connectivity index is 2.30. The molecule has 4 nitrogen and oxygen atoms in total. The van der Waals surface area contributed by atoms with Crippen molar-refractivity contribution in [2.24, 2.45) is 0 Å². The van der Waals surface area contributed by atoms with E-state index in [0.717, 1.165) is 33.9 Å². The molecule has 0 saturated heterocycles. The monoisotopic (exact) mass is 262 g/mol. The topological polar surface area (TPSA) is 54.5 Å². The largest absolute Gasteiger partial charge is 0.296 e. The average molecular weight is 262 g/mol. The fourth-order valence-corrected chi connectivity index (χ4v) is 2.51. The van der Waals surface area contributed by atoms with Crippen LogP contribution in [0.15, 0.2) is 30.3 Å². The second-order valence-corrected chi connectivity index (χ2v) is 4.87. The van der Waals surface area contributed by atoms with Crippen LogP contribution in [0.25, 0.3) is 16.7 Å². The molecule has 4 heteroatoms. The second kappa shape index (κ2) is 4.46. The summed E-state index contributed by atoms with van der Waals surface area (Å²) < 4.78 is 2.10. The van der Waals surface area contributed by atoms with Gasteiger partial charge in [0, 0.05) is 11.4 Å². The summed E-state index contributed by atoms with van der Waals surface area (Å²) in [6, 6.07) is 11.7. The minimum Gasteiger partial charge on any atom is -0.296 e. The molecule has 3 rings (SSSR count). The Bertz CT molecular complexity index is 836. The van der Waals surface area contributed by atoms with Crippen molar-refractivity contribution < 1.29 is 0 Å². The van der Waals surface area contributed by atoms with Crippen LogP contribution in [0.1, 0.15) is 22.8 Å². The Morgan fingerprint density at radius 3 is 2.40 bits per heavy atom. The van der Waals surface area contributed by atoms with E-state index in [9.17, 15) is 0 Å². The van der Waals surface area contributed by atoms with Gasteiger partial charge in [-0.15, -0.1) is 0 Å². The lowest BCUT2D eigenvalue weighted by atomic mass is 10.2. The zero-order valence-corrected chi connectivity index (χ0v) is 11.7. The van der Waals surface area contributed by atoms with E-state index in [2.05, 4.69) is 20.6 Å². The van der Waals surface area contributed by atoms with Crippen molar-refractivity contribution in [3.05, 3.63) is 53.1 Å². The number of hydrogen-bond acceptors (Lipinski definition) is 3. The number of rotatable bonds is 1. The van der Waals surface area contributed by atoms with Gasteiger partial charge in [0.15, 0.2) is 0 Å². The molecule has 0 radical (unpaired) electrons. The van der Waals surface area contributed by atoms with Gasteiger partial charge in [0.05, 0.1) is 22.8 Å². The van der Waals surface area contributed by atoms with Crippen LogP contribution < -0.4 is 0 Å². The molecule has 98 valence electrons. The molecule has 0 atom stereocenters. The van der Waals surface area contributed by atoms with Gasteiger partial charge in [0.1, 0.15) is 11.3 Å². The third kappa shape index (κ3) is 1.84.